The van der Waals surface area contributed by atoms with E-state index < -0.39 is 0 Å². The first-order valence-electron chi connectivity index (χ1n) is 7.03. The highest BCUT2D eigenvalue weighted by molar-refractivity contribution is 9.10. The number of amides is 2. The van der Waals surface area contributed by atoms with E-state index in [-0.39, 0.29) is 12.8 Å². The van der Waals surface area contributed by atoms with E-state index in [2.05, 4.69) is 26.6 Å². The number of anilines is 1. The Kier molecular flexibility index (Phi) is 4.87. The molecule has 7 heteroatoms. The molecule has 0 aromatic heterocycles. The van der Waals surface area contributed by atoms with Crippen LogP contribution < -0.4 is 24.8 Å². The van der Waals surface area contributed by atoms with E-state index in [9.17, 15) is 4.79 Å². The van der Waals surface area contributed by atoms with Crippen molar-refractivity contribution in [1.29, 1.82) is 0 Å². The molecule has 1 aliphatic rings. The summed E-state index contributed by atoms with van der Waals surface area (Å²) < 4.78 is 17.0. The molecule has 1 aliphatic heterocycles. The van der Waals surface area contributed by atoms with Gasteiger partial charge in [0, 0.05) is 16.2 Å². The first kappa shape index (κ1) is 15.5. The van der Waals surface area contributed by atoms with Crippen LogP contribution in [0.25, 0.3) is 0 Å². The molecule has 0 atom stereocenters. The van der Waals surface area contributed by atoms with Gasteiger partial charge in [-0.1, -0.05) is 15.9 Å². The van der Waals surface area contributed by atoms with Gasteiger partial charge in [-0.15, -0.1) is 0 Å². The normalized spacial score (nSPS) is 11.9. The Morgan fingerprint density at radius 3 is 2.74 bits per heavy atom. The molecule has 0 unspecified atom stereocenters. The molecule has 3 rings (SSSR count). The minimum absolute atomic E-state index is 0.233. The number of carbonyl (C=O) groups is 1. The number of fused-ring (bicyclic) bond motifs is 1. The Bertz CT molecular complexity index is 691. The van der Waals surface area contributed by atoms with Crippen LogP contribution in [0.1, 0.15) is 0 Å². The largest absolute Gasteiger partial charge is 0.492 e. The van der Waals surface area contributed by atoms with E-state index in [1.807, 2.05) is 24.3 Å². The summed E-state index contributed by atoms with van der Waals surface area (Å²) >= 11 is 3.34. The SMILES string of the molecule is O=C(NCCOc1ccc2c(c1)OCO2)Nc1ccc(Br)cc1. The second-order valence-electron chi connectivity index (χ2n) is 4.75. The van der Waals surface area contributed by atoms with Crippen molar-refractivity contribution < 1.29 is 19.0 Å². The number of nitrogens with one attached hydrogen (secondary N) is 2. The number of carbonyl (C=O) groups excluding carboxylic acids is 1. The van der Waals surface area contributed by atoms with Crippen LogP contribution in [0.3, 0.4) is 0 Å². The number of hydrogen-bond donors (Lipinski definition) is 2. The van der Waals surface area contributed by atoms with E-state index in [1.165, 1.54) is 0 Å². The molecule has 0 bridgehead atoms. The lowest BCUT2D eigenvalue weighted by atomic mass is 10.3. The van der Waals surface area contributed by atoms with Gasteiger partial charge in [0.05, 0.1) is 6.54 Å². The smallest absolute Gasteiger partial charge is 0.319 e. The molecule has 2 amide bonds. The van der Waals surface area contributed by atoms with Crippen LogP contribution >= 0.6 is 15.9 Å². The molecule has 2 aromatic rings. The Morgan fingerprint density at radius 2 is 1.91 bits per heavy atom. The second-order valence-corrected chi connectivity index (χ2v) is 5.67. The van der Waals surface area contributed by atoms with E-state index in [1.54, 1.807) is 18.2 Å². The summed E-state index contributed by atoms with van der Waals surface area (Å²) in [6.45, 7) is 0.973. The first-order valence-corrected chi connectivity index (χ1v) is 7.83. The van der Waals surface area contributed by atoms with Crippen molar-refractivity contribution >= 4 is 27.6 Å². The summed E-state index contributed by atoms with van der Waals surface area (Å²) in [5.74, 6) is 2.05. The zero-order chi connectivity index (χ0) is 16.1. The van der Waals surface area contributed by atoms with Crippen LogP contribution in [0.5, 0.6) is 17.2 Å². The minimum atomic E-state index is -0.276. The van der Waals surface area contributed by atoms with Crippen LogP contribution in [-0.2, 0) is 0 Å². The molecule has 6 nitrogen and oxygen atoms in total. The molecule has 2 N–H and O–H groups in total. The standard InChI is InChI=1S/C16H15BrN2O4/c17-11-1-3-12(4-2-11)19-16(20)18-7-8-21-13-5-6-14-15(9-13)23-10-22-14/h1-6,9H,7-8,10H2,(H2,18,19,20). The van der Waals surface area contributed by atoms with Gasteiger partial charge in [0.1, 0.15) is 12.4 Å². The van der Waals surface area contributed by atoms with Crippen LogP contribution in [0, 0.1) is 0 Å². The van der Waals surface area contributed by atoms with E-state index in [0.717, 1.165) is 10.2 Å². The summed E-state index contributed by atoms with van der Waals surface area (Å²) in [4.78, 5) is 11.7. The average molecular weight is 379 g/mol. The van der Waals surface area contributed by atoms with Crippen LogP contribution in [0.4, 0.5) is 10.5 Å². The predicted molar refractivity (Wildman–Crippen MR) is 89.2 cm³/mol. The molecule has 0 radical (unpaired) electrons. The number of hydrogen-bond acceptors (Lipinski definition) is 4. The van der Waals surface area contributed by atoms with Gasteiger partial charge in [-0.25, -0.2) is 4.79 Å². The average Bonchev–Trinajstić information content (AvgIpc) is 3.01. The van der Waals surface area contributed by atoms with E-state index >= 15 is 0 Å². The summed E-state index contributed by atoms with van der Waals surface area (Å²) in [6.07, 6.45) is 0. The maximum Gasteiger partial charge on any atom is 0.319 e. The highest BCUT2D eigenvalue weighted by Crippen LogP contribution is 2.34. The van der Waals surface area contributed by atoms with Gasteiger partial charge >= 0.3 is 6.03 Å². The third kappa shape index (κ3) is 4.29. The van der Waals surface area contributed by atoms with Crippen molar-refractivity contribution in [1.82, 2.24) is 5.32 Å². The maximum absolute atomic E-state index is 11.7. The van der Waals surface area contributed by atoms with Crippen molar-refractivity contribution in [3.8, 4) is 17.2 Å². The van der Waals surface area contributed by atoms with Gasteiger partial charge < -0.3 is 24.8 Å². The van der Waals surface area contributed by atoms with E-state index in [4.69, 9.17) is 14.2 Å². The minimum Gasteiger partial charge on any atom is -0.492 e. The van der Waals surface area contributed by atoms with Crippen LogP contribution in [0.15, 0.2) is 46.9 Å². The van der Waals surface area contributed by atoms with Crippen molar-refractivity contribution in [3.63, 3.8) is 0 Å². The summed E-state index contributed by atoms with van der Waals surface area (Å²) in [6, 6.07) is 12.4. The number of urea groups is 1. The molecule has 0 spiro atoms. The molecule has 2 aromatic carbocycles. The maximum atomic E-state index is 11.7. The second kappa shape index (κ2) is 7.23. The Labute approximate surface area is 141 Å². The van der Waals surface area contributed by atoms with Crippen LogP contribution in [-0.4, -0.2) is 26.0 Å². The van der Waals surface area contributed by atoms with Crippen molar-refractivity contribution in [2.45, 2.75) is 0 Å². The molecular formula is C16H15BrN2O4. The topological polar surface area (TPSA) is 68.8 Å². The molecular weight excluding hydrogens is 364 g/mol. The fourth-order valence-corrected chi connectivity index (χ4v) is 2.27. The van der Waals surface area contributed by atoms with Gasteiger partial charge in [-0.05, 0) is 36.4 Å². The molecule has 0 saturated heterocycles. The van der Waals surface area contributed by atoms with Crippen molar-refractivity contribution in [2.24, 2.45) is 0 Å². The summed E-state index contributed by atoms with van der Waals surface area (Å²) in [5, 5.41) is 5.46. The van der Waals surface area contributed by atoms with Gasteiger partial charge in [-0.3, -0.25) is 0 Å². The van der Waals surface area contributed by atoms with Gasteiger partial charge in [-0.2, -0.15) is 0 Å². The lowest BCUT2D eigenvalue weighted by molar-refractivity contribution is 0.173. The number of benzene rings is 2. The monoisotopic (exact) mass is 378 g/mol. The van der Waals surface area contributed by atoms with Gasteiger partial charge in [0.25, 0.3) is 0 Å². The fraction of sp³-hybridized carbons (Fsp3) is 0.188. The Balaban J connectivity index is 1.39. The fourth-order valence-electron chi connectivity index (χ4n) is 2.01. The molecule has 0 saturated carbocycles. The lowest BCUT2D eigenvalue weighted by Gasteiger charge is -2.09. The number of rotatable bonds is 5. The molecule has 0 aliphatic carbocycles. The summed E-state index contributed by atoms with van der Waals surface area (Å²) in [7, 11) is 0. The predicted octanol–water partition coefficient (Wildman–Crippen LogP) is 3.38. The van der Waals surface area contributed by atoms with Crippen molar-refractivity contribution in [3.05, 3.63) is 46.9 Å². The third-order valence-electron chi connectivity index (χ3n) is 3.10. The number of halogens is 1. The highest BCUT2D eigenvalue weighted by atomic mass is 79.9. The van der Waals surface area contributed by atoms with E-state index in [0.29, 0.717) is 30.4 Å². The van der Waals surface area contributed by atoms with Crippen LogP contribution in [0.2, 0.25) is 0 Å². The third-order valence-corrected chi connectivity index (χ3v) is 3.63. The number of ether oxygens (including phenoxy) is 3. The quantitative estimate of drug-likeness (QED) is 0.782. The lowest BCUT2D eigenvalue weighted by Crippen LogP contribution is -2.32. The zero-order valence-corrected chi connectivity index (χ0v) is 13.8. The molecule has 120 valence electrons. The highest BCUT2D eigenvalue weighted by Gasteiger charge is 2.13. The van der Waals surface area contributed by atoms with Crippen molar-refractivity contribution in [2.75, 3.05) is 25.3 Å². The zero-order valence-electron chi connectivity index (χ0n) is 12.2. The van der Waals surface area contributed by atoms with Gasteiger partial charge in [0.15, 0.2) is 11.5 Å². The van der Waals surface area contributed by atoms with Gasteiger partial charge in [0.2, 0.25) is 6.79 Å². The summed E-state index contributed by atoms with van der Waals surface area (Å²) in [5.41, 5.74) is 0.724. The molecule has 0 fully saturated rings. The molecule has 23 heavy (non-hydrogen) atoms. The Morgan fingerprint density at radius 1 is 1.13 bits per heavy atom. The first-order chi connectivity index (χ1) is 11.2. The molecule has 1 heterocycles. The Hall–Kier alpha value is -2.41.